The Bertz CT molecular complexity index is 6490. The van der Waals surface area contributed by atoms with Crippen molar-refractivity contribution in [2.45, 2.75) is 27.7 Å². The summed E-state index contributed by atoms with van der Waals surface area (Å²) in [5.74, 6) is 2.78. The van der Waals surface area contributed by atoms with Crippen LogP contribution in [0, 0.1) is 57.1 Å². The molecular weight excluding hydrogens is 1610 g/mol. The molecule has 0 saturated heterocycles. The number of anilines is 15. The van der Waals surface area contributed by atoms with Crippen molar-refractivity contribution in [1.82, 2.24) is 49.8 Å². The van der Waals surface area contributed by atoms with Gasteiger partial charge in [0.15, 0.2) is 0 Å². The third-order valence-corrected chi connectivity index (χ3v) is 19.0. The van der Waals surface area contributed by atoms with E-state index in [0.717, 1.165) is 62.3 Å². The number of amides is 5. The molecule has 25 nitrogen and oxygen atoms in total. The zero-order chi connectivity index (χ0) is 91.9. The van der Waals surface area contributed by atoms with Gasteiger partial charge in [0.1, 0.15) is 43.3 Å². The van der Waals surface area contributed by atoms with Crippen LogP contribution in [-0.2, 0) is 0 Å². The largest absolute Gasteiger partial charge is 0.342 e. The summed E-state index contributed by atoms with van der Waals surface area (Å²) in [6.45, 7) is 6.02. The molecule has 0 fully saturated rings. The number of aromatic nitrogens is 10. The predicted molar refractivity (Wildman–Crippen MR) is 494 cm³/mol. The summed E-state index contributed by atoms with van der Waals surface area (Å²) in [6, 6.07) is 64.4. The zero-order valence-corrected chi connectivity index (χ0v) is 70.0. The predicted octanol–water partition coefficient (Wildman–Crippen LogP) is 19.7. The lowest BCUT2D eigenvalue weighted by Crippen LogP contribution is -2.17. The summed E-state index contributed by atoms with van der Waals surface area (Å²) < 4.78 is 52.0. The van der Waals surface area contributed by atoms with E-state index < -0.39 is 18.6 Å². The normalized spacial score (nSPS) is 10.7. The van der Waals surface area contributed by atoms with Crippen molar-refractivity contribution in [2.75, 3.05) is 85.7 Å². The molecule has 15 rings (SSSR count). The Morgan fingerprint density at radius 3 is 1.10 bits per heavy atom. The number of hydrogen-bond donors (Lipinski definition) is 5. The number of hydrogen-bond acceptors (Lipinski definition) is 20. The Kier molecular flexibility index (Phi) is 30.2. The number of halogens is 3. The first kappa shape index (κ1) is 85.6. The lowest BCUT2D eigenvalue weighted by atomic mass is 10.1. The van der Waals surface area contributed by atoms with E-state index in [9.17, 15) is 32.8 Å². The molecule has 0 radical (unpaired) electrons. The van der Waals surface area contributed by atoms with Gasteiger partial charge in [-0.25, -0.2) is 58.6 Å². The van der Waals surface area contributed by atoms with Crippen molar-refractivity contribution in [3.63, 3.8) is 0 Å². The summed E-state index contributed by atoms with van der Waals surface area (Å²) in [5, 5.41) is 14.2. The molecule has 126 heavy (non-hydrogen) atoms. The van der Waals surface area contributed by atoms with Crippen molar-refractivity contribution in [2.24, 2.45) is 0 Å². The van der Waals surface area contributed by atoms with E-state index in [1.165, 1.54) is 74.4 Å². The molecule has 10 aromatic carbocycles. The van der Waals surface area contributed by atoms with Gasteiger partial charge >= 0.3 is 0 Å². The summed E-state index contributed by atoms with van der Waals surface area (Å²) >= 11 is 6.28. The Labute approximate surface area is 737 Å². The average molecular weight is 1700 g/mol. The molecule has 0 atom stereocenters. The van der Waals surface area contributed by atoms with Crippen molar-refractivity contribution in [3.05, 3.63) is 390 Å². The zero-order valence-electron chi connectivity index (χ0n) is 72.3. The van der Waals surface area contributed by atoms with E-state index in [0.29, 0.717) is 67.4 Å². The Morgan fingerprint density at radius 1 is 0.349 bits per heavy atom. The van der Waals surface area contributed by atoms with Crippen LogP contribution in [-0.4, -0.2) is 114 Å². The number of aryl methyl sites for hydroxylation is 3. The number of nitrogens with one attached hydrogen (secondary N) is 5. The van der Waals surface area contributed by atoms with E-state index >= 15 is 0 Å². The van der Waals surface area contributed by atoms with Crippen LogP contribution in [0.25, 0.3) is 0 Å². The minimum absolute atomic E-state index is 0.118. The number of carbonyl (C=O) groups is 5. The van der Waals surface area contributed by atoms with Crippen LogP contribution in [0.2, 0.25) is 5.02 Å². The molecule has 0 unspecified atom stereocenters. The maximum Gasteiger partial charge on any atom is 0.255 e. The molecule has 0 aliphatic heterocycles. The lowest BCUT2D eigenvalue weighted by Gasteiger charge is -2.23. The maximum atomic E-state index is 14.2. The minimum atomic E-state index is -2.53. The van der Waals surface area contributed by atoms with E-state index in [1.54, 1.807) is 177 Å². The Balaban J connectivity index is 0.000000156. The van der Waals surface area contributed by atoms with Crippen LogP contribution in [0.1, 0.15) is 90.6 Å². The summed E-state index contributed by atoms with van der Waals surface area (Å²) in [5.41, 5.74) is 15.7. The fraction of sp³-hybridized carbons (Fsp3) is 0.0918. The Morgan fingerprint density at radius 2 is 0.683 bits per heavy atom. The minimum Gasteiger partial charge on any atom is -0.342 e. The van der Waals surface area contributed by atoms with Crippen LogP contribution in [0.15, 0.2) is 318 Å². The van der Waals surface area contributed by atoms with Gasteiger partial charge in [-0.2, -0.15) is 0 Å². The fourth-order valence-electron chi connectivity index (χ4n) is 12.2. The molecule has 5 amide bonds. The molecule has 5 heterocycles. The smallest absolute Gasteiger partial charge is 0.255 e. The number of rotatable bonds is 21. The lowest BCUT2D eigenvalue weighted by molar-refractivity contribution is 0.101. The molecule has 0 aliphatic carbocycles. The quantitative estimate of drug-likeness (QED) is 0.0418. The van der Waals surface area contributed by atoms with Crippen LogP contribution in [0.4, 0.5) is 94.1 Å². The van der Waals surface area contributed by atoms with Crippen molar-refractivity contribution in [3.8, 4) is 24.7 Å². The summed E-state index contributed by atoms with van der Waals surface area (Å²) in [7, 11) is 5.44. The highest BCUT2D eigenvalue weighted by Crippen LogP contribution is 2.35. The number of carbonyl (C=O) groups excluding carboxylic acids is 5. The van der Waals surface area contributed by atoms with Gasteiger partial charge in [0.05, 0.1) is 112 Å². The van der Waals surface area contributed by atoms with E-state index in [2.05, 4.69) is 93.2 Å². The summed E-state index contributed by atoms with van der Waals surface area (Å²) in [6.07, 6.45) is 34.1. The molecule has 0 saturated carbocycles. The van der Waals surface area contributed by atoms with Crippen LogP contribution in [0.3, 0.4) is 0 Å². The first-order chi connectivity index (χ1) is 62.2. The molecule has 5 N–H and O–H groups in total. The first-order valence-electron chi connectivity index (χ1n) is 40.3. The number of nitrogens with zero attached hydrogens (tertiary/aromatic N) is 15. The van der Waals surface area contributed by atoms with Gasteiger partial charge in [-0.05, 0) is 191 Å². The molecule has 0 aliphatic rings. The van der Waals surface area contributed by atoms with Gasteiger partial charge in [-0.3, -0.25) is 24.0 Å². The highest BCUT2D eigenvalue weighted by Gasteiger charge is 2.19. The maximum absolute atomic E-state index is 14.2. The molecule has 628 valence electrons. The monoisotopic (exact) mass is 1700 g/mol. The van der Waals surface area contributed by atoms with Gasteiger partial charge in [0.25, 0.3) is 29.5 Å². The Hall–Kier alpha value is -16.8. The fourth-order valence-corrected chi connectivity index (χ4v) is 12.4. The second-order valence-corrected chi connectivity index (χ2v) is 28.1. The molecule has 28 heteroatoms. The van der Waals surface area contributed by atoms with Crippen molar-refractivity contribution >= 4 is 126 Å². The number of benzene rings is 10. The summed E-state index contributed by atoms with van der Waals surface area (Å²) in [4.78, 5) is 110. The average Bonchev–Trinajstić information content (AvgIpc) is 0.783. The van der Waals surface area contributed by atoms with Crippen molar-refractivity contribution < 1.29 is 36.9 Å². The van der Waals surface area contributed by atoms with Crippen LogP contribution >= 0.6 is 11.6 Å². The highest BCUT2D eigenvalue weighted by atomic mass is 35.5. The van der Waals surface area contributed by atoms with Gasteiger partial charge < -0.3 is 51.1 Å². The number of terminal acetylenes is 2. The highest BCUT2D eigenvalue weighted by molar-refractivity contribution is 6.33. The van der Waals surface area contributed by atoms with Gasteiger partial charge in [-0.15, -0.1) is 12.8 Å². The van der Waals surface area contributed by atoms with E-state index in [4.69, 9.17) is 28.6 Å². The molecular formula is C98H85ClF2N20O5. The molecule has 15 aromatic rings. The third kappa shape index (κ3) is 25.4. The molecule has 0 bridgehead atoms. The molecule has 5 aromatic heterocycles. The standard InChI is InChI=1S/C21H18N4O.C20H15FN4O.C19H17ClN4O.C19H17FN4O.C19H18N4O/c1-3-16-7-5-8-17(11-16)21(26)24-18-9-6-10-19(12-18)25(4-2)20-13-22-15-23-14-20;1-3-14-5-4-6-15(9-14)20(26)24-16-7-8-18(21)19(10-16)25(2)17-11-22-13-23-12-17;1-13-4-3-5-14(8-13)19(25)23-15-6-7-17(20)18(9-15)24(2)16-10-21-12-22-11-16;1-13-4-3-5-14(8-13)19(25)23-18-9-15(6-7-17(18)20)24(2)16-10-21-12-22-11-16;1-14-5-3-6-15(9-14)19(24)22-16-7-4-8-17(10-16)23(2)18-11-20-13-21-12-18/h1,5-15H,4H2,2H3,(H,24,26);1,4-13H,2H3,(H,24,26);2*3-12H,1-2H3,(H,23,25);3-13H,1-2H3,(H,22,24)/i;;2D3;;. The first-order valence-corrected chi connectivity index (χ1v) is 39.1. The van der Waals surface area contributed by atoms with Gasteiger partial charge in [0.2, 0.25) is 0 Å². The topological polar surface area (TPSA) is 291 Å². The van der Waals surface area contributed by atoms with Gasteiger partial charge in [0, 0.05) is 118 Å². The van der Waals surface area contributed by atoms with Gasteiger partial charge in [-0.1, -0.05) is 101 Å². The van der Waals surface area contributed by atoms with E-state index in [1.807, 2.05) is 130 Å². The second kappa shape index (κ2) is 44.5. The van der Waals surface area contributed by atoms with Crippen molar-refractivity contribution in [1.29, 1.82) is 0 Å². The SMILES string of the molecule is C#Cc1cccc(C(=O)Nc2ccc(F)c(N(C)c3cncnc3)c2)c1.C#Cc1cccc(C(=O)Nc2cccc(N(CC)c3cncnc3)c2)c1.Cc1cccc(C(=O)Nc2cc(N(C)c3cncnc3)ccc2F)c1.Cc1cccc(C(=O)Nc2cccc(N(C)c3cncnc3)c2)c1.[2H]C([2H])([2H])N(c1cncnc1)c1cc(NC(=O)c2cccc(C)c2)ccc1Cl. The third-order valence-electron chi connectivity index (χ3n) is 18.7. The van der Waals surface area contributed by atoms with Crippen LogP contribution < -0.4 is 51.1 Å². The second-order valence-electron chi connectivity index (χ2n) is 27.7. The molecule has 0 spiro atoms. The van der Waals surface area contributed by atoms with Crippen LogP contribution in [0.5, 0.6) is 0 Å². The van der Waals surface area contributed by atoms with E-state index in [-0.39, 0.29) is 57.3 Å².